The molecule has 5 rings (SSSR count). The van der Waals surface area contributed by atoms with E-state index in [0.717, 1.165) is 0 Å². The number of aliphatic hydroxyl groups excluding tert-OH is 1. The Hall–Kier alpha value is -5.22. The van der Waals surface area contributed by atoms with Gasteiger partial charge in [-0.3, -0.25) is 24.0 Å². The summed E-state index contributed by atoms with van der Waals surface area (Å²) < 4.78 is 33.0. The molecular formula is C39H40F2N4O8S. The van der Waals surface area contributed by atoms with E-state index in [1.54, 1.807) is 30.3 Å². The summed E-state index contributed by atoms with van der Waals surface area (Å²) in [6.45, 7) is -0.514. The van der Waals surface area contributed by atoms with E-state index in [1.807, 2.05) is 0 Å². The number of rotatable bonds is 18. The number of hydrogen-bond donors (Lipinski definition) is 5. The van der Waals surface area contributed by atoms with Crippen LogP contribution in [0.3, 0.4) is 0 Å². The Kier molecular flexibility index (Phi) is 12.8. The third-order valence-electron chi connectivity index (χ3n) is 9.52. The van der Waals surface area contributed by atoms with Crippen molar-refractivity contribution in [3.63, 3.8) is 0 Å². The fraction of sp³-hybridized carbons (Fsp3) is 0.308. The highest BCUT2D eigenvalue weighted by Crippen LogP contribution is 2.46. The van der Waals surface area contributed by atoms with Gasteiger partial charge in [0.05, 0.1) is 29.5 Å². The number of carbonyl (C=O) groups is 5. The SMILES string of the molecule is NC(=O)CC[C@H](N)C(=O)C1(C[C@@H](N)C(=O)O)C=CC=CC1C(=O)COc1ccc([C@@H]2[C@@H](SCC(O)c3ccc(F)cc3)C(=O)N2c2ccc(F)cc2)cc1. The molecule has 0 bridgehead atoms. The molecule has 1 fully saturated rings. The first-order valence-corrected chi connectivity index (χ1v) is 18.1. The zero-order valence-electron chi connectivity index (χ0n) is 28.9. The van der Waals surface area contributed by atoms with Crippen LogP contribution < -0.4 is 26.8 Å². The van der Waals surface area contributed by atoms with E-state index in [4.69, 9.17) is 21.9 Å². The Morgan fingerprint density at radius 2 is 1.54 bits per heavy atom. The lowest BCUT2D eigenvalue weighted by Gasteiger charge is -2.47. The number of ketones is 2. The Labute approximate surface area is 314 Å². The molecule has 3 unspecified atom stereocenters. The second-order valence-corrected chi connectivity index (χ2v) is 14.3. The number of benzene rings is 3. The summed E-state index contributed by atoms with van der Waals surface area (Å²) in [5.74, 6) is -5.22. The highest BCUT2D eigenvalue weighted by molar-refractivity contribution is 8.00. The number of carboxylic acid groups (broad SMARTS) is 1. The van der Waals surface area contributed by atoms with E-state index in [0.29, 0.717) is 16.8 Å². The molecule has 1 aliphatic carbocycles. The first-order chi connectivity index (χ1) is 25.7. The monoisotopic (exact) mass is 762 g/mol. The number of nitrogens with zero attached hydrogens (tertiary/aromatic N) is 1. The molecule has 1 saturated heterocycles. The molecule has 12 nitrogen and oxygen atoms in total. The maximum absolute atomic E-state index is 13.8. The number of anilines is 1. The average Bonchev–Trinajstić information content (AvgIpc) is 3.16. The van der Waals surface area contributed by atoms with E-state index < -0.39 is 88.9 Å². The summed E-state index contributed by atoms with van der Waals surface area (Å²) in [5.41, 5.74) is 17.2. The highest BCUT2D eigenvalue weighted by Gasteiger charge is 2.51. The van der Waals surface area contributed by atoms with Gasteiger partial charge >= 0.3 is 5.97 Å². The maximum atomic E-state index is 13.8. The zero-order valence-corrected chi connectivity index (χ0v) is 29.7. The van der Waals surface area contributed by atoms with Crippen LogP contribution in [0.1, 0.15) is 42.5 Å². The largest absolute Gasteiger partial charge is 0.486 e. The zero-order chi connectivity index (χ0) is 39.2. The normalized spacial score (nSPS) is 22.2. The first kappa shape index (κ1) is 40.0. The minimum absolute atomic E-state index is 0.112. The van der Waals surface area contributed by atoms with Crippen LogP contribution in [-0.2, 0) is 24.0 Å². The molecule has 0 saturated carbocycles. The highest BCUT2D eigenvalue weighted by atomic mass is 32.2. The number of aliphatic carboxylic acids is 1. The van der Waals surface area contributed by atoms with Gasteiger partial charge in [-0.1, -0.05) is 48.6 Å². The van der Waals surface area contributed by atoms with E-state index >= 15 is 0 Å². The Bertz CT molecular complexity index is 1930. The molecule has 0 radical (unpaired) electrons. The van der Waals surface area contributed by atoms with E-state index in [2.05, 4.69) is 0 Å². The summed E-state index contributed by atoms with van der Waals surface area (Å²) in [6.07, 6.45) is 4.21. The Morgan fingerprint density at radius 1 is 0.907 bits per heavy atom. The number of carboxylic acids is 1. The summed E-state index contributed by atoms with van der Waals surface area (Å²) in [4.78, 5) is 65.6. The average molecular weight is 763 g/mol. The molecule has 15 heteroatoms. The lowest BCUT2D eigenvalue weighted by molar-refractivity contribution is -0.142. The second-order valence-electron chi connectivity index (χ2n) is 13.2. The lowest BCUT2D eigenvalue weighted by Crippen LogP contribution is -2.57. The van der Waals surface area contributed by atoms with Gasteiger partial charge in [0.1, 0.15) is 35.3 Å². The fourth-order valence-corrected chi connectivity index (χ4v) is 7.95. The van der Waals surface area contributed by atoms with E-state index in [1.165, 1.54) is 83.4 Å². The number of amides is 2. The van der Waals surface area contributed by atoms with Crippen molar-refractivity contribution in [1.29, 1.82) is 0 Å². The predicted molar refractivity (Wildman–Crippen MR) is 197 cm³/mol. The van der Waals surface area contributed by atoms with Crippen molar-refractivity contribution in [2.24, 2.45) is 28.5 Å². The number of aliphatic hydroxyl groups is 1. The van der Waals surface area contributed by atoms with E-state index in [-0.39, 0.29) is 30.3 Å². The molecule has 3 aromatic rings. The summed E-state index contributed by atoms with van der Waals surface area (Å²) in [5, 5.41) is 19.7. The smallest absolute Gasteiger partial charge is 0.320 e. The molecule has 2 aliphatic rings. The number of ether oxygens (including phenoxy) is 1. The van der Waals surface area contributed by atoms with Crippen molar-refractivity contribution in [3.8, 4) is 5.75 Å². The van der Waals surface area contributed by atoms with Gasteiger partial charge in [-0.05, 0) is 72.5 Å². The predicted octanol–water partition coefficient (Wildman–Crippen LogP) is 3.53. The lowest BCUT2D eigenvalue weighted by atomic mass is 9.63. The van der Waals surface area contributed by atoms with Gasteiger partial charge in [0, 0.05) is 17.9 Å². The van der Waals surface area contributed by atoms with Gasteiger partial charge in [-0.15, -0.1) is 11.8 Å². The molecular weight excluding hydrogens is 723 g/mol. The third kappa shape index (κ3) is 8.93. The van der Waals surface area contributed by atoms with Crippen LogP contribution in [0.15, 0.2) is 97.1 Å². The minimum Gasteiger partial charge on any atom is -0.486 e. The van der Waals surface area contributed by atoms with Crippen LogP contribution in [0, 0.1) is 23.0 Å². The third-order valence-corrected chi connectivity index (χ3v) is 10.9. The van der Waals surface area contributed by atoms with Gasteiger partial charge in [0.2, 0.25) is 11.8 Å². The Balaban J connectivity index is 1.32. The molecule has 3 aromatic carbocycles. The van der Waals surface area contributed by atoms with Crippen LogP contribution in [0.2, 0.25) is 0 Å². The van der Waals surface area contributed by atoms with Crippen molar-refractivity contribution in [2.45, 2.75) is 48.7 Å². The van der Waals surface area contributed by atoms with Gasteiger partial charge in [-0.25, -0.2) is 8.78 Å². The molecule has 2 amide bonds. The van der Waals surface area contributed by atoms with Crippen molar-refractivity contribution in [1.82, 2.24) is 0 Å². The molecule has 1 heterocycles. The molecule has 7 atom stereocenters. The summed E-state index contributed by atoms with van der Waals surface area (Å²) >= 11 is 1.23. The van der Waals surface area contributed by atoms with Gasteiger partial charge < -0.3 is 37.1 Å². The van der Waals surface area contributed by atoms with Crippen molar-refractivity contribution < 1.29 is 47.7 Å². The number of Topliss-reactive ketones (excluding diaryl/α,β-unsaturated/α-hetero) is 2. The topological polar surface area (TPSA) is 216 Å². The number of β-lactam (4-membered cyclic amide) rings is 1. The molecule has 0 spiro atoms. The van der Waals surface area contributed by atoms with Crippen LogP contribution in [0.5, 0.6) is 5.75 Å². The standard InChI is InChI=1S/C39H40F2N4O8S/c40-24-8-4-22(5-9-24)32(47)21-54-35-34(45(37(35)50)26-12-10-25(41)11-13-26)23-6-14-27(15-7-23)53-20-31(46)28-3-1-2-18-39(28,19-30(43)38(51)52)36(49)29(42)16-17-33(44)48/h1-15,18,28-30,32,34-35,47H,16-17,19-21,42-43H2,(H2,44,48)(H,51,52)/t28?,29-,30+,32?,34+,35+,39?/m0/s1. The van der Waals surface area contributed by atoms with Crippen LogP contribution >= 0.6 is 11.8 Å². The minimum atomic E-state index is -1.73. The number of hydrogen-bond acceptors (Lipinski definition) is 10. The summed E-state index contributed by atoms with van der Waals surface area (Å²) in [7, 11) is 0. The fourth-order valence-electron chi connectivity index (χ4n) is 6.65. The van der Waals surface area contributed by atoms with Crippen LogP contribution in [-0.4, -0.2) is 69.3 Å². The quantitative estimate of drug-likeness (QED) is 0.118. The molecule has 1 aliphatic heterocycles. The molecule has 284 valence electrons. The Morgan fingerprint density at radius 3 is 2.15 bits per heavy atom. The first-order valence-electron chi connectivity index (χ1n) is 17.0. The number of allylic oxidation sites excluding steroid dienone is 4. The van der Waals surface area contributed by atoms with Crippen molar-refractivity contribution in [3.05, 3.63) is 120 Å². The maximum Gasteiger partial charge on any atom is 0.320 e. The summed E-state index contributed by atoms with van der Waals surface area (Å²) in [6, 6.07) is 14.2. The van der Waals surface area contributed by atoms with Gasteiger partial charge in [-0.2, -0.15) is 0 Å². The van der Waals surface area contributed by atoms with E-state index in [9.17, 15) is 43.0 Å². The molecule has 54 heavy (non-hydrogen) atoms. The van der Waals surface area contributed by atoms with Gasteiger partial charge in [0.25, 0.3) is 0 Å². The van der Waals surface area contributed by atoms with Gasteiger partial charge in [0.15, 0.2) is 11.6 Å². The number of nitrogens with two attached hydrogens (primary N) is 3. The van der Waals surface area contributed by atoms with Crippen LogP contribution in [0.25, 0.3) is 0 Å². The molecule has 0 aromatic heterocycles. The number of primary amides is 1. The number of carbonyl (C=O) groups excluding carboxylic acids is 4. The second kappa shape index (κ2) is 17.3. The number of thioether (sulfide) groups is 1. The van der Waals surface area contributed by atoms with Crippen molar-refractivity contribution in [2.75, 3.05) is 17.3 Å². The van der Waals surface area contributed by atoms with Crippen LogP contribution in [0.4, 0.5) is 14.5 Å². The molecule has 8 N–H and O–H groups in total. The number of halogens is 2. The van der Waals surface area contributed by atoms with Crippen molar-refractivity contribution >= 4 is 46.8 Å².